The summed E-state index contributed by atoms with van der Waals surface area (Å²) in [7, 11) is 1.29. The number of rotatable bonds is 6. The summed E-state index contributed by atoms with van der Waals surface area (Å²) in [5.41, 5.74) is 2.08. The normalized spacial score (nSPS) is 11.2. The van der Waals surface area contributed by atoms with E-state index in [-0.39, 0.29) is 11.3 Å². The number of hydrogen-bond acceptors (Lipinski definition) is 5. The van der Waals surface area contributed by atoms with Crippen LogP contribution in [0.2, 0.25) is 5.02 Å². The molecule has 8 heteroatoms. The van der Waals surface area contributed by atoms with Crippen molar-refractivity contribution in [1.29, 1.82) is 5.26 Å². The number of anilines is 1. The first kappa shape index (κ1) is 21.9. The lowest BCUT2D eigenvalue weighted by Crippen LogP contribution is -2.13. The van der Waals surface area contributed by atoms with Crippen LogP contribution in [0.15, 0.2) is 76.9 Å². The van der Waals surface area contributed by atoms with E-state index >= 15 is 0 Å². The van der Waals surface area contributed by atoms with Crippen LogP contribution in [0.4, 0.5) is 5.69 Å². The Bertz CT molecular complexity index is 1410. The number of ether oxygens (including phenoxy) is 1. The van der Waals surface area contributed by atoms with Crippen LogP contribution in [0.25, 0.3) is 17.0 Å². The molecule has 2 heterocycles. The van der Waals surface area contributed by atoms with Crippen molar-refractivity contribution in [3.05, 3.63) is 94.5 Å². The van der Waals surface area contributed by atoms with Crippen LogP contribution in [-0.2, 0) is 16.1 Å². The third-order valence-corrected chi connectivity index (χ3v) is 5.21. The van der Waals surface area contributed by atoms with Gasteiger partial charge in [-0.15, -0.1) is 0 Å². The first-order chi connectivity index (χ1) is 16.0. The molecule has 0 saturated carbocycles. The van der Waals surface area contributed by atoms with Crippen molar-refractivity contribution in [3.8, 4) is 6.07 Å². The molecular weight excluding hydrogens is 442 g/mol. The van der Waals surface area contributed by atoms with Crippen LogP contribution in [0.1, 0.15) is 21.9 Å². The monoisotopic (exact) mass is 459 g/mol. The van der Waals surface area contributed by atoms with E-state index in [0.29, 0.717) is 28.6 Å². The van der Waals surface area contributed by atoms with Crippen LogP contribution in [0, 0.1) is 11.3 Å². The predicted octanol–water partition coefficient (Wildman–Crippen LogP) is 5.27. The van der Waals surface area contributed by atoms with E-state index in [2.05, 4.69) is 10.1 Å². The van der Waals surface area contributed by atoms with Gasteiger partial charge in [-0.25, -0.2) is 4.79 Å². The number of halogens is 1. The molecular formula is C25H18ClN3O4. The average Bonchev–Trinajstić information content (AvgIpc) is 3.43. The van der Waals surface area contributed by atoms with E-state index < -0.39 is 11.9 Å². The van der Waals surface area contributed by atoms with Gasteiger partial charge in [0.25, 0.3) is 5.91 Å². The van der Waals surface area contributed by atoms with Gasteiger partial charge in [-0.3, -0.25) is 4.79 Å². The summed E-state index contributed by atoms with van der Waals surface area (Å²) in [6, 6.07) is 19.5. The number of methoxy groups -OCH3 is 1. The molecule has 0 saturated heterocycles. The van der Waals surface area contributed by atoms with Crippen molar-refractivity contribution in [3.63, 3.8) is 0 Å². The summed E-state index contributed by atoms with van der Waals surface area (Å²) < 4.78 is 12.2. The first-order valence-electron chi connectivity index (χ1n) is 9.92. The molecule has 1 N–H and O–H groups in total. The molecule has 0 radical (unpaired) electrons. The molecule has 2 aromatic heterocycles. The number of benzene rings is 2. The van der Waals surface area contributed by atoms with Crippen molar-refractivity contribution >= 4 is 46.1 Å². The minimum absolute atomic E-state index is 0.0428. The van der Waals surface area contributed by atoms with Crippen molar-refractivity contribution in [2.24, 2.45) is 0 Å². The van der Waals surface area contributed by atoms with E-state index in [1.807, 2.05) is 41.1 Å². The number of furan rings is 1. The van der Waals surface area contributed by atoms with Crippen molar-refractivity contribution in [2.45, 2.75) is 6.54 Å². The second kappa shape index (κ2) is 9.47. The number of para-hydroxylation sites is 1. The molecule has 0 aliphatic carbocycles. The standard InChI is InChI=1S/C25H18ClN3O4/c1-32-25(31)23-11-10-20(33-23)15-29-14-17(21-4-2-3-5-22(21)29)12-16(13-27)24(30)28-19-8-6-18(26)7-9-19/h2-12,14H,15H2,1H3,(H,28,30)/b16-12-. The molecule has 4 aromatic rings. The highest BCUT2D eigenvalue weighted by Gasteiger charge is 2.15. The maximum absolute atomic E-state index is 12.7. The number of nitrogens with one attached hydrogen (secondary N) is 1. The van der Waals surface area contributed by atoms with E-state index in [9.17, 15) is 14.9 Å². The summed E-state index contributed by atoms with van der Waals surface area (Å²) in [6.45, 7) is 0.351. The molecule has 0 unspecified atom stereocenters. The number of nitrogens with zero attached hydrogens (tertiary/aromatic N) is 2. The number of carbonyl (C=O) groups is 2. The lowest BCUT2D eigenvalue weighted by molar-refractivity contribution is -0.112. The highest BCUT2D eigenvalue weighted by Crippen LogP contribution is 2.25. The zero-order chi connectivity index (χ0) is 23.4. The Labute approximate surface area is 194 Å². The highest BCUT2D eigenvalue weighted by molar-refractivity contribution is 6.30. The number of nitriles is 1. The summed E-state index contributed by atoms with van der Waals surface area (Å²) in [5.74, 6) is -0.389. The quantitative estimate of drug-likeness (QED) is 0.241. The Morgan fingerprint density at radius 3 is 2.64 bits per heavy atom. The predicted molar refractivity (Wildman–Crippen MR) is 125 cm³/mol. The second-order valence-corrected chi connectivity index (χ2v) is 7.55. The molecule has 4 rings (SSSR count). The fourth-order valence-electron chi connectivity index (χ4n) is 3.40. The lowest BCUT2D eigenvalue weighted by Gasteiger charge is -2.04. The maximum atomic E-state index is 12.7. The summed E-state index contributed by atoms with van der Waals surface area (Å²) in [5, 5.41) is 13.7. The largest absolute Gasteiger partial charge is 0.463 e. The Hall–Kier alpha value is -4.28. The summed E-state index contributed by atoms with van der Waals surface area (Å²) in [6.07, 6.45) is 3.38. The number of fused-ring (bicyclic) bond motifs is 1. The topological polar surface area (TPSA) is 97.3 Å². The van der Waals surface area contributed by atoms with Gasteiger partial charge in [0.1, 0.15) is 17.4 Å². The molecule has 2 aromatic carbocycles. The molecule has 0 bridgehead atoms. The van der Waals surface area contributed by atoms with E-state index in [1.54, 1.807) is 42.5 Å². The van der Waals surface area contributed by atoms with Crippen molar-refractivity contribution < 1.29 is 18.7 Å². The van der Waals surface area contributed by atoms with Crippen molar-refractivity contribution in [2.75, 3.05) is 12.4 Å². The number of aromatic nitrogens is 1. The van der Waals surface area contributed by atoms with E-state index in [1.165, 1.54) is 7.11 Å². The average molecular weight is 460 g/mol. The molecule has 164 valence electrons. The van der Waals surface area contributed by atoms with Gasteiger partial charge < -0.3 is 19.0 Å². The van der Waals surface area contributed by atoms with E-state index in [4.69, 9.17) is 16.0 Å². The van der Waals surface area contributed by atoms with Gasteiger partial charge in [-0.05, 0) is 48.5 Å². The second-order valence-electron chi connectivity index (χ2n) is 7.12. The Morgan fingerprint density at radius 1 is 1.15 bits per heavy atom. The maximum Gasteiger partial charge on any atom is 0.373 e. The van der Waals surface area contributed by atoms with Crippen LogP contribution < -0.4 is 5.32 Å². The number of hydrogen-bond donors (Lipinski definition) is 1. The molecule has 1 amide bonds. The minimum atomic E-state index is -0.549. The smallest absolute Gasteiger partial charge is 0.373 e. The Kier molecular flexibility index (Phi) is 6.29. The van der Waals surface area contributed by atoms with Crippen LogP contribution >= 0.6 is 11.6 Å². The van der Waals surface area contributed by atoms with E-state index in [0.717, 1.165) is 10.9 Å². The van der Waals surface area contributed by atoms with Crippen molar-refractivity contribution in [1.82, 2.24) is 4.57 Å². The lowest BCUT2D eigenvalue weighted by atomic mass is 10.1. The third-order valence-electron chi connectivity index (χ3n) is 4.96. The third kappa shape index (κ3) is 4.81. The summed E-state index contributed by atoms with van der Waals surface area (Å²) >= 11 is 5.88. The van der Waals surface area contributed by atoms with Gasteiger partial charge in [-0.2, -0.15) is 5.26 Å². The number of carbonyl (C=O) groups excluding carboxylic acids is 2. The molecule has 33 heavy (non-hydrogen) atoms. The Balaban J connectivity index is 1.64. The fourth-order valence-corrected chi connectivity index (χ4v) is 3.52. The molecule has 0 atom stereocenters. The molecule has 0 spiro atoms. The van der Waals surface area contributed by atoms with Crippen LogP contribution in [-0.4, -0.2) is 23.6 Å². The molecule has 0 aliphatic heterocycles. The van der Waals surface area contributed by atoms with Gasteiger partial charge in [0.2, 0.25) is 5.76 Å². The van der Waals surface area contributed by atoms with Gasteiger partial charge in [0, 0.05) is 33.4 Å². The first-order valence-corrected chi connectivity index (χ1v) is 10.3. The minimum Gasteiger partial charge on any atom is -0.463 e. The Morgan fingerprint density at radius 2 is 1.91 bits per heavy atom. The van der Waals surface area contributed by atoms with Gasteiger partial charge in [0.05, 0.1) is 13.7 Å². The van der Waals surface area contributed by atoms with Gasteiger partial charge >= 0.3 is 5.97 Å². The summed E-state index contributed by atoms with van der Waals surface area (Å²) in [4.78, 5) is 24.3. The van der Waals surface area contributed by atoms with Gasteiger partial charge in [0.15, 0.2) is 0 Å². The van der Waals surface area contributed by atoms with Crippen LogP contribution in [0.3, 0.4) is 0 Å². The molecule has 0 fully saturated rings. The van der Waals surface area contributed by atoms with Crippen LogP contribution in [0.5, 0.6) is 0 Å². The number of esters is 1. The fraction of sp³-hybridized carbons (Fsp3) is 0.0800. The zero-order valence-corrected chi connectivity index (χ0v) is 18.3. The van der Waals surface area contributed by atoms with Gasteiger partial charge in [-0.1, -0.05) is 29.8 Å². The zero-order valence-electron chi connectivity index (χ0n) is 17.5. The SMILES string of the molecule is COC(=O)c1ccc(Cn2cc(/C=C(/C#N)C(=O)Nc3ccc(Cl)cc3)c3ccccc32)o1. The highest BCUT2D eigenvalue weighted by atomic mass is 35.5. The number of amides is 1. The molecule has 0 aliphatic rings. The molecule has 7 nitrogen and oxygen atoms in total.